The van der Waals surface area contributed by atoms with Crippen LogP contribution >= 0.6 is 0 Å². The fraction of sp³-hybridized carbons (Fsp3) is 0.235. The van der Waals surface area contributed by atoms with Crippen LogP contribution in [0.2, 0.25) is 0 Å². The zero-order chi connectivity index (χ0) is 16.4. The molecule has 0 saturated heterocycles. The predicted octanol–water partition coefficient (Wildman–Crippen LogP) is 2.95. The predicted molar refractivity (Wildman–Crippen MR) is 86.1 cm³/mol. The van der Waals surface area contributed by atoms with Crippen LogP contribution in [0.4, 0.5) is 4.39 Å². The Hall–Kier alpha value is -2.21. The Morgan fingerprint density at radius 2 is 1.74 bits per heavy atom. The third-order valence-electron chi connectivity index (χ3n) is 3.69. The summed E-state index contributed by atoms with van der Waals surface area (Å²) in [5.74, 6) is 0.408. The van der Waals surface area contributed by atoms with Gasteiger partial charge in [-0.3, -0.25) is 0 Å². The second-order valence-corrected chi connectivity index (χ2v) is 7.42. The second kappa shape index (κ2) is 6.12. The number of aliphatic imine (C=N–C) groups is 1. The van der Waals surface area contributed by atoms with E-state index in [-0.39, 0.29) is 4.90 Å². The van der Waals surface area contributed by atoms with Gasteiger partial charge in [-0.2, -0.15) is 0 Å². The van der Waals surface area contributed by atoms with E-state index >= 15 is 0 Å². The Bertz CT molecular complexity index is 817. The molecule has 1 aliphatic rings. The monoisotopic (exact) mass is 333 g/mol. The van der Waals surface area contributed by atoms with Crippen LogP contribution in [0, 0.1) is 0 Å². The maximum absolute atomic E-state index is 13.3. The summed E-state index contributed by atoms with van der Waals surface area (Å²) in [6.45, 7) is -0.644. The summed E-state index contributed by atoms with van der Waals surface area (Å²) < 4.78 is 42.1. The first-order chi connectivity index (χ1) is 11.0. The maximum Gasteiger partial charge on any atom is 0.217 e. The van der Waals surface area contributed by atoms with Crippen LogP contribution in [0.15, 0.2) is 64.5 Å². The molecule has 0 amide bonds. The Morgan fingerprint density at radius 1 is 1.09 bits per heavy atom. The van der Waals surface area contributed by atoms with Gasteiger partial charge in [-0.15, -0.1) is 0 Å². The van der Waals surface area contributed by atoms with Crippen molar-refractivity contribution in [2.75, 3.05) is 12.9 Å². The van der Waals surface area contributed by atoms with Crippen molar-refractivity contribution in [3.63, 3.8) is 0 Å². The lowest BCUT2D eigenvalue weighted by molar-refractivity contribution is 0.180. The van der Waals surface area contributed by atoms with E-state index < -0.39 is 28.7 Å². The van der Waals surface area contributed by atoms with Crippen LogP contribution in [0.1, 0.15) is 17.2 Å². The van der Waals surface area contributed by atoms with Crippen molar-refractivity contribution in [3.8, 4) is 0 Å². The molecule has 0 saturated carbocycles. The van der Waals surface area contributed by atoms with Crippen molar-refractivity contribution in [1.29, 1.82) is 0 Å². The Morgan fingerprint density at radius 3 is 2.30 bits per heavy atom. The number of halogens is 1. The van der Waals surface area contributed by atoms with Crippen molar-refractivity contribution in [1.82, 2.24) is 0 Å². The standard InChI is InChI=1S/C17H16FNO3S/c1-23(20,21)14-9-7-12(8-10-14)16-15(11-18)19-17(22-16)13-5-3-2-4-6-13/h2-10,15-16H,11H2,1H3. The lowest BCUT2D eigenvalue weighted by Gasteiger charge is -2.16. The third kappa shape index (κ3) is 3.27. The van der Waals surface area contributed by atoms with Gasteiger partial charge in [0.05, 0.1) is 4.90 Å². The molecular weight excluding hydrogens is 317 g/mol. The Kier molecular flexibility index (Phi) is 4.17. The summed E-state index contributed by atoms with van der Waals surface area (Å²) >= 11 is 0. The molecule has 0 fully saturated rings. The molecular formula is C17H16FNO3S. The number of benzene rings is 2. The number of hydrogen-bond donors (Lipinski definition) is 0. The Labute approximate surface area is 134 Å². The fourth-order valence-corrected chi connectivity index (χ4v) is 3.11. The highest BCUT2D eigenvalue weighted by molar-refractivity contribution is 7.90. The number of alkyl halides is 1. The topological polar surface area (TPSA) is 55.7 Å². The lowest BCUT2D eigenvalue weighted by atomic mass is 10.0. The van der Waals surface area contributed by atoms with E-state index in [0.29, 0.717) is 11.5 Å². The van der Waals surface area contributed by atoms with Crippen LogP contribution in [0.25, 0.3) is 0 Å². The molecule has 1 aliphatic heterocycles. The molecule has 6 heteroatoms. The first-order valence-corrected chi connectivity index (χ1v) is 9.04. The normalized spacial score (nSPS) is 20.9. The van der Waals surface area contributed by atoms with Crippen LogP contribution in [-0.4, -0.2) is 33.3 Å². The average molecular weight is 333 g/mol. The van der Waals surface area contributed by atoms with Gasteiger partial charge >= 0.3 is 0 Å². The van der Waals surface area contributed by atoms with Crippen molar-refractivity contribution < 1.29 is 17.5 Å². The Balaban J connectivity index is 1.87. The summed E-state index contributed by atoms with van der Waals surface area (Å²) in [5, 5.41) is 0. The number of ether oxygens (including phenoxy) is 1. The van der Waals surface area contributed by atoms with Crippen LogP contribution in [0.5, 0.6) is 0 Å². The van der Waals surface area contributed by atoms with Gasteiger partial charge in [-0.1, -0.05) is 30.3 Å². The molecule has 1 heterocycles. The zero-order valence-electron chi connectivity index (χ0n) is 12.5. The summed E-state index contributed by atoms with van der Waals surface area (Å²) in [6.07, 6.45) is 0.596. The number of nitrogens with zero attached hydrogens (tertiary/aromatic N) is 1. The highest BCUT2D eigenvalue weighted by Gasteiger charge is 2.33. The maximum atomic E-state index is 13.3. The molecule has 3 rings (SSSR count). The molecule has 0 aromatic heterocycles. The van der Waals surface area contributed by atoms with E-state index in [4.69, 9.17) is 4.74 Å². The van der Waals surface area contributed by atoms with E-state index in [1.165, 1.54) is 12.1 Å². The van der Waals surface area contributed by atoms with Crippen LogP contribution < -0.4 is 0 Å². The zero-order valence-corrected chi connectivity index (χ0v) is 13.3. The minimum atomic E-state index is -3.26. The van der Waals surface area contributed by atoms with E-state index in [0.717, 1.165) is 11.8 Å². The summed E-state index contributed by atoms with van der Waals surface area (Å²) in [5.41, 5.74) is 1.50. The van der Waals surface area contributed by atoms with Crippen molar-refractivity contribution in [2.45, 2.75) is 17.0 Å². The van der Waals surface area contributed by atoms with Crippen LogP contribution in [-0.2, 0) is 14.6 Å². The highest BCUT2D eigenvalue weighted by Crippen LogP contribution is 2.32. The van der Waals surface area contributed by atoms with Gasteiger partial charge in [0.1, 0.15) is 12.7 Å². The molecule has 0 bridgehead atoms. The van der Waals surface area contributed by atoms with Crippen molar-refractivity contribution >= 4 is 15.7 Å². The minimum Gasteiger partial charge on any atom is -0.467 e. The van der Waals surface area contributed by atoms with Gasteiger partial charge in [0.25, 0.3) is 0 Å². The van der Waals surface area contributed by atoms with E-state index in [1.54, 1.807) is 12.1 Å². The molecule has 0 radical (unpaired) electrons. The number of sulfone groups is 1. The molecule has 2 aromatic rings. The molecule has 2 atom stereocenters. The summed E-state index contributed by atoms with van der Waals surface area (Å²) in [6, 6.07) is 15.0. The van der Waals surface area contributed by atoms with E-state index in [2.05, 4.69) is 4.99 Å². The van der Waals surface area contributed by atoms with Gasteiger partial charge < -0.3 is 4.74 Å². The van der Waals surface area contributed by atoms with Crippen LogP contribution in [0.3, 0.4) is 0 Å². The average Bonchev–Trinajstić information content (AvgIpc) is 2.99. The van der Waals surface area contributed by atoms with Gasteiger partial charge in [0.2, 0.25) is 5.90 Å². The fourth-order valence-electron chi connectivity index (χ4n) is 2.48. The number of rotatable bonds is 4. The first-order valence-electron chi connectivity index (χ1n) is 7.15. The highest BCUT2D eigenvalue weighted by atomic mass is 32.2. The summed E-state index contributed by atoms with van der Waals surface area (Å²) in [4.78, 5) is 4.53. The van der Waals surface area contributed by atoms with Gasteiger partial charge in [-0.25, -0.2) is 17.8 Å². The molecule has 0 spiro atoms. The van der Waals surface area contributed by atoms with Gasteiger partial charge in [-0.05, 0) is 29.8 Å². The largest absolute Gasteiger partial charge is 0.467 e. The first kappa shape index (κ1) is 15.7. The van der Waals surface area contributed by atoms with Crippen molar-refractivity contribution in [2.24, 2.45) is 4.99 Å². The number of hydrogen-bond acceptors (Lipinski definition) is 4. The van der Waals surface area contributed by atoms with E-state index in [1.807, 2.05) is 30.3 Å². The molecule has 0 aliphatic carbocycles. The molecule has 120 valence electrons. The molecule has 2 unspecified atom stereocenters. The second-order valence-electron chi connectivity index (χ2n) is 5.40. The molecule has 2 aromatic carbocycles. The molecule has 23 heavy (non-hydrogen) atoms. The molecule has 0 N–H and O–H groups in total. The van der Waals surface area contributed by atoms with Gasteiger partial charge in [0, 0.05) is 11.8 Å². The third-order valence-corrected chi connectivity index (χ3v) is 4.82. The quantitative estimate of drug-likeness (QED) is 0.864. The van der Waals surface area contributed by atoms with E-state index in [9.17, 15) is 12.8 Å². The van der Waals surface area contributed by atoms with Gasteiger partial charge in [0.15, 0.2) is 15.9 Å². The minimum absolute atomic E-state index is 0.222. The summed E-state index contributed by atoms with van der Waals surface area (Å²) in [7, 11) is -3.26. The smallest absolute Gasteiger partial charge is 0.217 e. The molecule has 4 nitrogen and oxygen atoms in total. The van der Waals surface area contributed by atoms with Crippen molar-refractivity contribution in [3.05, 3.63) is 65.7 Å². The lowest BCUT2D eigenvalue weighted by Crippen LogP contribution is -2.16. The SMILES string of the molecule is CS(=O)(=O)c1ccc(C2OC(c3ccccc3)=NC2CF)cc1.